The van der Waals surface area contributed by atoms with E-state index >= 15 is 0 Å². The molecule has 6 nitrogen and oxygen atoms in total. The number of carbonyl (C=O) groups excluding carboxylic acids is 3. The minimum atomic E-state index is -0.819. The second kappa shape index (κ2) is 60.4. The second-order valence-corrected chi connectivity index (χ2v) is 19.5. The molecule has 73 heavy (non-hydrogen) atoms. The van der Waals surface area contributed by atoms with Crippen LogP contribution in [0.5, 0.6) is 0 Å². The molecule has 0 radical (unpaired) electrons. The third kappa shape index (κ3) is 58.6. The highest BCUT2D eigenvalue weighted by Crippen LogP contribution is 2.14. The van der Waals surface area contributed by atoms with Gasteiger partial charge in [-0.2, -0.15) is 0 Å². The Morgan fingerprint density at radius 1 is 0.288 bits per heavy atom. The van der Waals surface area contributed by atoms with Crippen LogP contribution in [-0.2, 0) is 28.6 Å². The van der Waals surface area contributed by atoms with Gasteiger partial charge in [-0.15, -0.1) is 0 Å². The van der Waals surface area contributed by atoms with E-state index in [-0.39, 0.29) is 37.5 Å². The molecule has 0 spiro atoms. The van der Waals surface area contributed by atoms with Crippen LogP contribution in [0.25, 0.3) is 0 Å². The summed E-state index contributed by atoms with van der Waals surface area (Å²) in [5.41, 5.74) is 0. The summed E-state index contributed by atoms with van der Waals surface area (Å²) in [5.74, 6) is -1.00. The highest BCUT2D eigenvalue weighted by Gasteiger charge is 2.19. The minimum absolute atomic E-state index is 0.115. The zero-order valence-electron chi connectivity index (χ0n) is 47.4. The molecule has 0 aromatic heterocycles. The van der Waals surface area contributed by atoms with E-state index in [9.17, 15) is 14.4 Å². The maximum atomic E-state index is 12.9. The fraction of sp³-hybridized carbons (Fsp3) is 0.657. The molecule has 0 amide bonds. The van der Waals surface area contributed by atoms with Crippen LogP contribution in [0.3, 0.4) is 0 Å². The molecule has 0 bridgehead atoms. The minimum Gasteiger partial charge on any atom is -0.462 e. The van der Waals surface area contributed by atoms with Gasteiger partial charge in [-0.25, -0.2) is 0 Å². The van der Waals surface area contributed by atoms with Gasteiger partial charge in [0.25, 0.3) is 0 Å². The summed E-state index contributed by atoms with van der Waals surface area (Å²) in [6.45, 7) is 6.42. The highest BCUT2D eigenvalue weighted by molar-refractivity contribution is 5.71. The Morgan fingerprint density at radius 3 is 0.945 bits per heavy atom. The zero-order valence-corrected chi connectivity index (χ0v) is 47.4. The first kappa shape index (κ1) is 68.8. The van der Waals surface area contributed by atoms with Gasteiger partial charge in [-0.05, 0) is 128 Å². The van der Waals surface area contributed by atoms with Crippen molar-refractivity contribution in [2.75, 3.05) is 13.2 Å². The predicted molar refractivity (Wildman–Crippen MR) is 316 cm³/mol. The van der Waals surface area contributed by atoms with Crippen molar-refractivity contribution < 1.29 is 28.6 Å². The van der Waals surface area contributed by atoms with Crippen LogP contribution >= 0.6 is 0 Å². The number of hydrogen-bond donors (Lipinski definition) is 0. The number of ether oxygens (including phenoxy) is 3. The molecule has 0 rings (SSSR count). The van der Waals surface area contributed by atoms with Gasteiger partial charge in [0.1, 0.15) is 13.2 Å². The lowest BCUT2D eigenvalue weighted by Gasteiger charge is -2.18. The third-order valence-electron chi connectivity index (χ3n) is 12.4. The predicted octanol–water partition coefficient (Wildman–Crippen LogP) is 20.4. The third-order valence-corrected chi connectivity index (χ3v) is 12.4. The van der Waals surface area contributed by atoms with Crippen LogP contribution in [0.15, 0.2) is 122 Å². The van der Waals surface area contributed by atoms with Gasteiger partial charge in [0.05, 0.1) is 0 Å². The summed E-state index contributed by atoms with van der Waals surface area (Å²) in [6, 6.07) is 0. The van der Waals surface area contributed by atoms with E-state index in [1.807, 2.05) is 0 Å². The van der Waals surface area contributed by atoms with Crippen molar-refractivity contribution in [1.82, 2.24) is 0 Å². The van der Waals surface area contributed by atoms with E-state index in [1.165, 1.54) is 116 Å². The number of unbranched alkanes of at least 4 members (excludes halogenated alkanes) is 22. The van der Waals surface area contributed by atoms with Crippen LogP contribution < -0.4 is 0 Å². The van der Waals surface area contributed by atoms with E-state index in [0.717, 1.165) is 103 Å². The first-order valence-corrected chi connectivity index (χ1v) is 30.0. The summed E-state index contributed by atoms with van der Waals surface area (Å²) in [4.78, 5) is 38.2. The summed E-state index contributed by atoms with van der Waals surface area (Å²) >= 11 is 0. The van der Waals surface area contributed by atoms with Crippen LogP contribution in [0.4, 0.5) is 0 Å². The van der Waals surface area contributed by atoms with E-state index in [0.29, 0.717) is 19.3 Å². The van der Waals surface area contributed by atoms with Crippen molar-refractivity contribution >= 4 is 17.9 Å². The largest absolute Gasteiger partial charge is 0.462 e. The van der Waals surface area contributed by atoms with Gasteiger partial charge in [0.2, 0.25) is 0 Å². The van der Waals surface area contributed by atoms with Crippen LogP contribution in [0.2, 0.25) is 0 Å². The van der Waals surface area contributed by atoms with Gasteiger partial charge in [-0.3, -0.25) is 14.4 Å². The maximum Gasteiger partial charge on any atom is 0.306 e. The fourth-order valence-electron chi connectivity index (χ4n) is 7.93. The fourth-order valence-corrected chi connectivity index (χ4v) is 7.93. The molecule has 0 aliphatic rings. The normalized spacial score (nSPS) is 13.0. The van der Waals surface area contributed by atoms with Gasteiger partial charge in [0, 0.05) is 19.3 Å². The van der Waals surface area contributed by atoms with Crippen molar-refractivity contribution in [2.24, 2.45) is 0 Å². The van der Waals surface area contributed by atoms with Crippen LogP contribution in [0, 0.1) is 0 Å². The average Bonchev–Trinajstić information content (AvgIpc) is 3.39. The SMILES string of the molecule is CC/C=C/C/C=C/C/C=C/C/C=C/C/C=C/CCCCCC(=O)OC[C@@H](COC(=O)CCC/C=C/C/C=C/C/C=C/C/C=C/CCCCC)OC(=O)CCCCCCCCCCC/C=C/CCCCCCCC. The van der Waals surface area contributed by atoms with Crippen molar-refractivity contribution in [3.05, 3.63) is 122 Å². The molecule has 0 fully saturated rings. The first-order chi connectivity index (χ1) is 36.0. The quantitative estimate of drug-likeness (QED) is 0.0261. The Hall–Kier alpha value is -4.19. The van der Waals surface area contributed by atoms with E-state index in [1.54, 1.807) is 0 Å². The Bertz CT molecular complexity index is 1540. The molecule has 0 aromatic carbocycles. The maximum absolute atomic E-state index is 12.9. The molecule has 0 aromatic rings. The summed E-state index contributed by atoms with van der Waals surface area (Å²) in [5, 5.41) is 0. The number of carbonyl (C=O) groups is 3. The van der Waals surface area contributed by atoms with Crippen molar-refractivity contribution in [3.63, 3.8) is 0 Å². The van der Waals surface area contributed by atoms with Crippen molar-refractivity contribution in [1.29, 1.82) is 0 Å². The lowest BCUT2D eigenvalue weighted by atomic mass is 10.1. The molecule has 0 saturated heterocycles. The summed E-state index contributed by atoms with van der Waals surface area (Å²) in [7, 11) is 0. The highest BCUT2D eigenvalue weighted by atomic mass is 16.6. The van der Waals surface area contributed by atoms with Gasteiger partial charge in [-0.1, -0.05) is 239 Å². The Balaban J connectivity index is 4.54. The van der Waals surface area contributed by atoms with Crippen LogP contribution in [0.1, 0.15) is 265 Å². The van der Waals surface area contributed by atoms with E-state index in [2.05, 4.69) is 142 Å². The summed E-state index contributed by atoms with van der Waals surface area (Å²) < 4.78 is 16.8. The smallest absolute Gasteiger partial charge is 0.306 e. The Labute approximate surface area is 450 Å². The van der Waals surface area contributed by atoms with Gasteiger partial charge < -0.3 is 14.2 Å². The first-order valence-electron chi connectivity index (χ1n) is 30.0. The average molecular weight is 1010 g/mol. The molecule has 6 heteroatoms. The number of esters is 3. The number of rotatable bonds is 53. The van der Waals surface area contributed by atoms with Gasteiger partial charge in [0.15, 0.2) is 6.10 Å². The lowest BCUT2D eigenvalue weighted by molar-refractivity contribution is -0.167. The lowest BCUT2D eigenvalue weighted by Crippen LogP contribution is -2.30. The molecule has 0 unspecified atom stereocenters. The van der Waals surface area contributed by atoms with E-state index in [4.69, 9.17) is 14.2 Å². The number of hydrogen-bond acceptors (Lipinski definition) is 6. The monoisotopic (exact) mass is 1010 g/mol. The Kier molecular flexibility index (Phi) is 56.9. The van der Waals surface area contributed by atoms with Crippen LogP contribution in [-0.4, -0.2) is 37.2 Å². The standard InChI is InChI=1S/C67H110O6/c1-4-7-10-13-16-19-22-25-28-31-33-36-39-42-45-48-51-54-57-60-66(69)72-63-64(62-71-65(68)59-56-53-50-47-44-41-38-35-30-27-24-21-18-15-12-9-6-3)73-67(70)61-58-55-52-49-46-43-40-37-34-32-29-26-23-20-17-14-11-8-5-2/h7,10,16,18-19,21,25-30,33,36,38,41-42,45,47,50,64H,4-6,8-9,11-15,17,20,22-24,31-32,34-35,37,39-40,43-44,46,48-49,51-63H2,1-3H3/b10-7+,19-16+,21-18+,28-25+,29-26+,30-27+,36-33+,41-38+,45-42+,50-47+/t64-/m1/s1. The zero-order chi connectivity index (χ0) is 52.9. The van der Waals surface area contributed by atoms with Crippen molar-refractivity contribution in [3.8, 4) is 0 Å². The van der Waals surface area contributed by atoms with Gasteiger partial charge >= 0.3 is 17.9 Å². The molecule has 0 aliphatic heterocycles. The van der Waals surface area contributed by atoms with Crippen molar-refractivity contribution in [2.45, 2.75) is 271 Å². The molecule has 0 aliphatic carbocycles. The molecule has 0 saturated carbocycles. The topological polar surface area (TPSA) is 78.9 Å². The second-order valence-electron chi connectivity index (χ2n) is 19.5. The van der Waals surface area contributed by atoms with E-state index < -0.39 is 6.10 Å². The molecular formula is C67H110O6. The molecule has 0 heterocycles. The molecule has 1 atom stereocenters. The summed E-state index contributed by atoms with van der Waals surface area (Å²) in [6.07, 6.45) is 83.4. The molecular weight excluding hydrogens is 901 g/mol. The number of allylic oxidation sites excluding steroid dienone is 20. The molecule has 414 valence electrons. The Morgan fingerprint density at radius 2 is 0.548 bits per heavy atom. The molecule has 0 N–H and O–H groups in total.